The molecule has 1 fully saturated rings. The zero-order chi connectivity index (χ0) is 14.9. The molecule has 1 saturated heterocycles. The third-order valence-electron chi connectivity index (χ3n) is 3.55. The SMILES string of the molecule is COCCOc1cccc(CNC(=O)C2CCCCN2)c1. The second-order valence-electron chi connectivity index (χ2n) is 5.21. The fourth-order valence-corrected chi connectivity index (χ4v) is 2.38. The van der Waals surface area contributed by atoms with Crippen molar-refractivity contribution >= 4 is 5.91 Å². The predicted octanol–water partition coefficient (Wildman–Crippen LogP) is 1.47. The number of hydrogen-bond acceptors (Lipinski definition) is 4. The summed E-state index contributed by atoms with van der Waals surface area (Å²) in [6.07, 6.45) is 3.20. The number of piperidine rings is 1. The summed E-state index contributed by atoms with van der Waals surface area (Å²) in [5, 5.41) is 6.23. The minimum atomic E-state index is -0.0418. The zero-order valence-electron chi connectivity index (χ0n) is 12.6. The highest BCUT2D eigenvalue weighted by atomic mass is 16.5. The number of methoxy groups -OCH3 is 1. The van der Waals surface area contributed by atoms with E-state index in [1.165, 1.54) is 0 Å². The van der Waals surface area contributed by atoms with Gasteiger partial charge in [0.25, 0.3) is 0 Å². The van der Waals surface area contributed by atoms with E-state index >= 15 is 0 Å². The summed E-state index contributed by atoms with van der Waals surface area (Å²) < 4.78 is 10.5. The molecule has 1 aliphatic rings. The van der Waals surface area contributed by atoms with Gasteiger partial charge in [0, 0.05) is 13.7 Å². The smallest absolute Gasteiger partial charge is 0.237 e. The van der Waals surface area contributed by atoms with Gasteiger partial charge in [-0.1, -0.05) is 18.6 Å². The van der Waals surface area contributed by atoms with Crippen molar-refractivity contribution < 1.29 is 14.3 Å². The highest BCUT2D eigenvalue weighted by Crippen LogP contribution is 2.13. The lowest BCUT2D eigenvalue weighted by Gasteiger charge is -2.22. The number of amides is 1. The number of ether oxygens (including phenoxy) is 2. The van der Waals surface area contributed by atoms with Crippen LogP contribution < -0.4 is 15.4 Å². The molecule has 1 heterocycles. The summed E-state index contributed by atoms with van der Waals surface area (Å²) in [5.74, 6) is 0.884. The molecule has 1 aromatic rings. The van der Waals surface area contributed by atoms with Gasteiger partial charge in [0.15, 0.2) is 0 Å². The summed E-state index contributed by atoms with van der Waals surface area (Å²) >= 11 is 0. The average Bonchev–Trinajstić information content (AvgIpc) is 2.54. The van der Waals surface area contributed by atoms with Gasteiger partial charge >= 0.3 is 0 Å². The van der Waals surface area contributed by atoms with Crippen LogP contribution in [-0.2, 0) is 16.1 Å². The highest BCUT2D eigenvalue weighted by molar-refractivity contribution is 5.81. The second kappa shape index (κ2) is 8.64. The first-order valence-corrected chi connectivity index (χ1v) is 7.51. The fraction of sp³-hybridized carbons (Fsp3) is 0.562. The van der Waals surface area contributed by atoms with Crippen molar-refractivity contribution in [2.24, 2.45) is 0 Å². The number of carbonyl (C=O) groups excluding carboxylic acids is 1. The lowest BCUT2D eigenvalue weighted by atomic mass is 10.0. The Hall–Kier alpha value is -1.59. The molecule has 5 heteroatoms. The summed E-state index contributed by atoms with van der Waals surface area (Å²) in [5.41, 5.74) is 1.04. The van der Waals surface area contributed by atoms with Gasteiger partial charge in [-0.05, 0) is 37.1 Å². The van der Waals surface area contributed by atoms with Gasteiger partial charge in [-0.15, -0.1) is 0 Å². The van der Waals surface area contributed by atoms with Crippen molar-refractivity contribution in [2.45, 2.75) is 31.8 Å². The molecule has 0 radical (unpaired) electrons. The van der Waals surface area contributed by atoms with Crippen molar-refractivity contribution in [2.75, 3.05) is 26.9 Å². The first-order chi connectivity index (χ1) is 10.3. The van der Waals surface area contributed by atoms with E-state index in [9.17, 15) is 4.79 Å². The summed E-state index contributed by atoms with van der Waals surface area (Å²) in [4.78, 5) is 12.0. The summed E-state index contributed by atoms with van der Waals surface area (Å²) in [6, 6.07) is 7.73. The Morgan fingerprint density at radius 2 is 2.29 bits per heavy atom. The number of carbonyl (C=O) groups is 1. The Morgan fingerprint density at radius 3 is 3.05 bits per heavy atom. The van der Waals surface area contributed by atoms with Crippen LogP contribution in [0.25, 0.3) is 0 Å². The summed E-state index contributed by atoms with van der Waals surface area (Å²) in [7, 11) is 1.65. The lowest BCUT2D eigenvalue weighted by Crippen LogP contribution is -2.46. The van der Waals surface area contributed by atoms with Gasteiger partial charge in [0.2, 0.25) is 5.91 Å². The van der Waals surface area contributed by atoms with E-state index in [1.54, 1.807) is 7.11 Å². The first-order valence-electron chi connectivity index (χ1n) is 7.51. The molecule has 21 heavy (non-hydrogen) atoms. The maximum Gasteiger partial charge on any atom is 0.237 e. The largest absolute Gasteiger partial charge is 0.491 e. The molecule has 116 valence electrons. The maximum atomic E-state index is 12.0. The highest BCUT2D eigenvalue weighted by Gasteiger charge is 2.19. The molecule has 0 aliphatic carbocycles. The standard InChI is InChI=1S/C16H24N2O3/c1-20-9-10-21-14-6-4-5-13(11-14)12-18-16(19)15-7-2-3-8-17-15/h4-6,11,15,17H,2-3,7-10,12H2,1H3,(H,18,19). The van der Waals surface area contributed by atoms with Crippen molar-refractivity contribution in [3.63, 3.8) is 0 Å². The van der Waals surface area contributed by atoms with Crippen LogP contribution >= 0.6 is 0 Å². The van der Waals surface area contributed by atoms with Crippen LogP contribution in [0.1, 0.15) is 24.8 Å². The van der Waals surface area contributed by atoms with Crippen molar-refractivity contribution in [1.82, 2.24) is 10.6 Å². The minimum absolute atomic E-state index is 0.0418. The van der Waals surface area contributed by atoms with E-state index in [-0.39, 0.29) is 11.9 Å². The molecule has 0 aromatic heterocycles. The Morgan fingerprint density at radius 1 is 1.38 bits per heavy atom. The molecule has 0 bridgehead atoms. The third-order valence-corrected chi connectivity index (χ3v) is 3.55. The van der Waals surface area contributed by atoms with Gasteiger partial charge in [0.1, 0.15) is 12.4 Å². The van der Waals surface area contributed by atoms with Gasteiger partial charge in [-0.2, -0.15) is 0 Å². The Balaban J connectivity index is 1.79. The summed E-state index contributed by atoms with van der Waals surface area (Å²) in [6.45, 7) is 2.55. The molecule has 5 nitrogen and oxygen atoms in total. The molecule has 0 saturated carbocycles. The van der Waals surface area contributed by atoms with Crippen LogP contribution in [-0.4, -0.2) is 38.8 Å². The Labute approximate surface area is 126 Å². The maximum absolute atomic E-state index is 12.0. The Bertz CT molecular complexity index is 445. The lowest BCUT2D eigenvalue weighted by molar-refractivity contribution is -0.123. The normalized spacial score (nSPS) is 18.2. The molecule has 0 spiro atoms. The first kappa shape index (κ1) is 15.8. The van der Waals surface area contributed by atoms with Crippen molar-refractivity contribution in [1.29, 1.82) is 0 Å². The van der Waals surface area contributed by atoms with Gasteiger partial charge in [-0.3, -0.25) is 4.79 Å². The van der Waals surface area contributed by atoms with Crippen LogP contribution in [0.3, 0.4) is 0 Å². The molecule has 1 atom stereocenters. The van der Waals surface area contributed by atoms with Crippen molar-refractivity contribution in [3.05, 3.63) is 29.8 Å². The molecule has 1 aliphatic heterocycles. The molecule has 2 rings (SSSR count). The van der Waals surface area contributed by atoms with E-state index in [0.29, 0.717) is 19.8 Å². The monoisotopic (exact) mass is 292 g/mol. The van der Waals surface area contributed by atoms with E-state index < -0.39 is 0 Å². The minimum Gasteiger partial charge on any atom is -0.491 e. The number of rotatable bonds is 7. The van der Waals surface area contributed by atoms with Crippen LogP contribution in [0.4, 0.5) is 0 Å². The molecular formula is C16H24N2O3. The van der Waals surface area contributed by atoms with Crippen molar-refractivity contribution in [3.8, 4) is 5.75 Å². The molecule has 2 N–H and O–H groups in total. The number of nitrogens with one attached hydrogen (secondary N) is 2. The van der Waals surface area contributed by atoms with Gasteiger partial charge < -0.3 is 20.1 Å². The van der Waals surface area contributed by atoms with Crippen LogP contribution in [0, 0.1) is 0 Å². The van der Waals surface area contributed by atoms with E-state index in [1.807, 2.05) is 24.3 Å². The molecular weight excluding hydrogens is 268 g/mol. The van der Waals surface area contributed by atoms with Crippen LogP contribution in [0.15, 0.2) is 24.3 Å². The van der Waals surface area contributed by atoms with Crippen LogP contribution in [0.5, 0.6) is 5.75 Å². The Kier molecular flexibility index (Phi) is 6.50. The zero-order valence-corrected chi connectivity index (χ0v) is 12.6. The predicted molar refractivity (Wildman–Crippen MR) is 81.3 cm³/mol. The van der Waals surface area contributed by atoms with Gasteiger partial charge in [0.05, 0.1) is 12.6 Å². The third kappa shape index (κ3) is 5.36. The topological polar surface area (TPSA) is 59.6 Å². The quantitative estimate of drug-likeness (QED) is 0.747. The molecule has 1 unspecified atom stereocenters. The van der Waals surface area contributed by atoms with Crippen LogP contribution in [0.2, 0.25) is 0 Å². The molecule has 1 amide bonds. The average molecular weight is 292 g/mol. The second-order valence-corrected chi connectivity index (χ2v) is 5.21. The fourth-order valence-electron chi connectivity index (χ4n) is 2.38. The molecule has 1 aromatic carbocycles. The van der Waals surface area contributed by atoms with E-state index in [0.717, 1.165) is 37.1 Å². The number of benzene rings is 1. The number of hydrogen-bond donors (Lipinski definition) is 2. The van der Waals surface area contributed by atoms with Gasteiger partial charge in [-0.25, -0.2) is 0 Å². The van der Waals surface area contributed by atoms with E-state index in [2.05, 4.69) is 10.6 Å². The van der Waals surface area contributed by atoms with E-state index in [4.69, 9.17) is 9.47 Å².